The molecule has 0 saturated carbocycles. The van der Waals surface area contributed by atoms with Gasteiger partial charge in [-0.1, -0.05) is 29.8 Å². The number of likely N-dealkylation sites (tertiary alicyclic amines) is 1. The minimum Gasteiger partial charge on any atom is -0.491 e. The van der Waals surface area contributed by atoms with Crippen molar-refractivity contribution in [3.63, 3.8) is 0 Å². The minimum atomic E-state index is -0.397. The molecule has 4 heteroatoms. The molecular formula is C16H25BrNO2+. The number of hydrogen-bond donors (Lipinski definition) is 2. The molecule has 0 aromatic heterocycles. The Kier molecular flexibility index (Phi) is 5.87. The zero-order valence-corrected chi connectivity index (χ0v) is 13.9. The SMILES string of the molecule is C[C@@H]1C[C@@H](C)C[NH+](C[C@H](O)COc2ccc(Br)cc2)C1. The lowest BCUT2D eigenvalue weighted by molar-refractivity contribution is -0.915. The van der Waals surface area contributed by atoms with E-state index in [1.807, 2.05) is 24.3 Å². The first-order chi connectivity index (χ1) is 9.52. The number of aliphatic hydroxyl groups excluding tert-OH is 1. The zero-order valence-electron chi connectivity index (χ0n) is 12.3. The molecule has 1 aliphatic heterocycles. The average Bonchev–Trinajstić information content (AvgIpc) is 2.37. The third kappa shape index (κ3) is 5.08. The van der Waals surface area contributed by atoms with E-state index in [4.69, 9.17) is 4.74 Å². The summed E-state index contributed by atoms with van der Waals surface area (Å²) in [5.41, 5.74) is 0. The van der Waals surface area contributed by atoms with Crippen molar-refractivity contribution in [2.24, 2.45) is 11.8 Å². The van der Waals surface area contributed by atoms with E-state index in [1.165, 1.54) is 24.4 Å². The van der Waals surface area contributed by atoms with Gasteiger partial charge in [0, 0.05) is 16.3 Å². The molecule has 0 amide bonds. The number of piperidine rings is 1. The molecule has 0 bridgehead atoms. The van der Waals surface area contributed by atoms with Gasteiger partial charge in [0.05, 0.1) is 13.1 Å². The summed E-state index contributed by atoms with van der Waals surface area (Å²) in [7, 11) is 0. The average molecular weight is 343 g/mol. The Labute approximate surface area is 130 Å². The topological polar surface area (TPSA) is 33.9 Å². The summed E-state index contributed by atoms with van der Waals surface area (Å²) < 4.78 is 6.67. The van der Waals surface area contributed by atoms with Crippen molar-refractivity contribution in [1.29, 1.82) is 0 Å². The molecule has 3 nitrogen and oxygen atoms in total. The number of rotatable bonds is 5. The number of hydrogen-bond acceptors (Lipinski definition) is 2. The number of quaternary nitrogens is 1. The van der Waals surface area contributed by atoms with Crippen LogP contribution in [0.2, 0.25) is 0 Å². The van der Waals surface area contributed by atoms with Gasteiger partial charge in [-0.3, -0.25) is 0 Å². The number of benzene rings is 1. The third-order valence-electron chi connectivity index (χ3n) is 3.86. The third-order valence-corrected chi connectivity index (χ3v) is 4.39. The van der Waals surface area contributed by atoms with Crippen LogP contribution in [0.3, 0.4) is 0 Å². The zero-order chi connectivity index (χ0) is 14.5. The fraction of sp³-hybridized carbons (Fsp3) is 0.625. The molecule has 3 atom stereocenters. The Morgan fingerprint density at radius 2 is 1.85 bits per heavy atom. The second kappa shape index (κ2) is 7.43. The molecule has 2 N–H and O–H groups in total. The van der Waals surface area contributed by atoms with Crippen molar-refractivity contribution >= 4 is 15.9 Å². The van der Waals surface area contributed by atoms with Gasteiger partial charge in [-0.05, 0) is 30.7 Å². The van der Waals surface area contributed by atoms with Crippen molar-refractivity contribution in [3.05, 3.63) is 28.7 Å². The van der Waals surface area contributed by atoms with Crippen molar-refractivity contribution < 1.29 is 14.7 Å². The first-order valence-corrected chi connectivity index (χ1v) is 8.22. The van der Waals surface area contributed by atoms with Crippen LogP contribution in [0.1, 0.15) is 20.3 Å². The molecule has 20 heavy (non-hydrogen) atoms. The lowest BCUT2D eigenvalue weighted by atomic mass is 9.92. The van der Waals surface area contributed by atoms with E-state index >= 15 is 0 Å². The van der Waals surface area contributed by atoms with Gasteiger partial charge in [-0.25, -0.2) is 0 Å². The summed E-state index contributed by atoms with van der Waals surface area (Å²) in [5, 5.41) is 10.1. The highest BCUT2D eigenvalue weighted by atomic mass is 79.9. The van der Waals surface area contributed by atoms with Crippen LogP contribution in [0.5, 0.6) is 5.75 Å². The van der Waals surface area contributed by atoms with Crippen LogP contribution in [0.4, 0.5) is 0 Å². The van der Waals surface area contributed by atoms with Gasteiger partial charge in [0.15, 0.2) is 0 Å². The van der Waals surface area contributed by atoms with Crippen LogP contribution >= 0.6 is 15.9 Å². The predicted octanol–water partition coefficient (Wildman–Crippen LogP) is 1.75. The number of halogens is 1. The van der Waals surface area contributed by atoms with Crippen molar-refractivity contribution in [1.82, 2.24) is 0 Å². The van der Waals surface area contributed by atoms with Gasteiger partial charge >= 0.3 is 0 Å². The molecular weight excluding hydrogens is 318 g/mol. The lowest BCUT2D eigenvalue weighted by Gasteiger charge is -2.33. The van der Waals surface area contributed by atoms with Crippen LogP contribution in [-0.4, -0.2) is 37.5 Å². The second-order valence-electron chi connectivity index (χ2n) is 6.23. The molecule has 0 spiro atoms. The highest BCUT2D eigenvalue weighted by molar-refractivity contribution is 9.10. The quantitative estimate of drug-likeness (QED) is 0.854. The Morgan fingerprint density at radius 1 is 1.25 bits per heavy atom. The van der Waals surface area contributed by atoms with E-state index in [9.17, 15) is 5.11 Å². The summed E-state index contributed by atoms with van der Waals surface area (Å²) >= 11 is 3.39. The fourth-order valence-corrected chi connectivity index (χ4v) is 3.47. The second-order valence-corrected chi connectivity index (χ2v) is 7.14. The Balaban J connectivity index is 1.74. The molecule has 0 radical (unpaired) electrons. The summed E-state index contributed by atoms with van der Waals surface area (Å²) in [6, 6.07) is 7.71. The van der Waals surface area contributed by atoms with Crippen LogP contribution in [0.25, 0.3) is 0 Å². The first-order valence-electron chi connectivity index (χ1n) is 7.43. The molecule has 1 heterocycles. The molecule has 1 aromatic rings. The van der Waals surface area contributed by atoms with E-state index in [-0.39, 0.29) is 0 Å². The van der Waals surface area contributed by atoms with E-state index in [0.717, 1.165) is 28.6 Å². The van der Waals surface area contributed by atoms with Gasteiger partial charge in [0.2, 0.25) is 0 Å². The van der Waals surface area contributed by atoms with Crippen molar-refractivity contribution in [3.8, 4) is 5.75 Å². The normalized spacial score (nSPS) is 28.1. The molecule has 112 valence electrons. The van der Waals surface area contributed by atoms with Gasteiger partial charge in [0.25, 0.3) is 0 Å². The molecule has 0 aliphatic carbocycles. The molecule has 1 aliphatic rings. The van der Waals surface area contributed by atoms with Crippen LogP contribution in [-0.2, 0) is 0 Å². The number of aliphatic hydroxyl groups is 1. The Hall–Kier alpha value is -0.580. The smallest absolute Gasteiger partial charge is 0.137 e. The van der Waals surface area contributed by atoms with Gasteiger partial charge in [-0.15, -0.1) is 0 Å². The molecule has 1 saturated heterocycles. The maximum Gasteiger partial charge on any atom is 0.137 e. The molecule has 1 aromatic carbocycles. The highest BCUT2D eigenvalue weighted by Crippen LogP contribution is 2.16. The van der Waals surface area contributed by atoms with Gasteiger partial charge in [-0.2, -0.15) is 0 Å². The monoisotopic (exact) mass is 342 g/mol. The van der Waals surface area contributed by atoms with Gasteiger partial charge < -0.3 is 14.7 Å². The van der Waals surface area contributed by atoms with E-state index in [0.29, 0.717) is 6.61 Å². The van der Waals surface area contributed by atoms with E-state index in [2.05, 4.69) is 29.8 Å². The molecule has 1 fully saturated rings. The maximum absolute atomic E-state index is 10.1. The summed E-state index contributed by atoms with van der Waals surface area (Å²) in [4.78, 5) is 1.50. The fourth-order valence-electron chi connectivity index (χ4n) is 3.20. The Morgan fingerprint density at radius 3 is 2.45 bits per heavy atom. The van der Waals surface area contributed by atoms with E-state index in [1.54, 1.807) is 0 Å². The molecule has 2 rings (SSSR count). The summed E-state index contributed by atoms with van der Waals surface area (Å²) in [6.45, 7) is 8.10. The predicted molar refractivity (Wildman–Crippen MR) is 84.2 cm³/mol. The summed E-state index contributed by atoms with van der Waals surface area (Å²) in [6.07, 6.45) is 0.917. The van der Waals surface area contributed by atoms with Crippen molar-refractivity contribution in [2.45, 2.75) is 26.4 Å². The Bertz CT molecular complexity index is 399. The van der Waals surface area contributed by atoms with E-state index < -0.39 is 6.10 Å². The van der Waals surface area contributed by atoms with Crippen LogP contribution in [0, 0.1) is 11.8 Å². The first kappa shape index (κ1) is 15.8. The van der Waals surface area contributed by atoms with Crippen LogP contribution < -0.4 is 9.64 Å². The lowest BCUT2D eigenvalue weighted by Crippen LogP contribution is -3.15. The minimum absolute atomic E-state index is 0.369. The van der Waals surface area contributed by atoms with Crippen LogP contribution in [0.15, 0.2) is 28.7 Å². The standard InChI is InChI=1S/C16H24BrNO2/c1-12-7-13(2)9-18(8-12)10-15(19)11-20-16-5-3-14(17)4-6-16/h3-6,12-13,15,19H,7-11H2,1-2H3/p+1/t12-,13-,15+/m1/s1. The molecule has 0 unspecified atom stereocenters. The maximum atomic E-state index is 10.1. The van der Waals surface area contributed by atoms with Crippen molar-refractivity contribution in [2.75, 3.05) is 26.2 Å². The number of nitrogens with one attached hydrogen (secondary N) is 1. The highest BCUT2D eigenvalue weighted by Gasteiger charge is 2.26. The van der Waals surface area contributed by atoms with Gasteiger partial charge in [0.1, 0.15) is 25.0 Å². The largest absolute Gasteiger partial charge is 0.491 e. The number of ether oxygens (including phenoxy) is 1. The summed E-state index contributed by atoms with van der Waals surface area (Å²) in [5.74, 6) is 2.32.